The van der Waals surface area contributed by atoms with Gasteiger partial charge in [-0.1, -0.05) is 195 Å². The van der Waals surface area contributed by atoms with Gasteiger partial charge >= 0.3 is 0 Å². The second kappa shape index (κ2) is 20.0. The molecule has 0 spiro atoms. The number of hydrazine groups is 1. The first kappa shape index (κ1) is 39.6. The maximum Gasteiger partial charge on any atom is 0.0577 e. The molecule has 7 rings (SSSR count). The first-order chi connectivity index (χ1) is 28.6. The van der Waals surface area contributed by atoms with Gasteiger partial charge in [-0.3, -0.25) is 10.4 Å². The standard InChI is InChI=1S/C55H55N3/c1-4-45(5-2)47-27-21-43(22-28-47)26-40-55(57-58(3)53-19-13-8-14-20-53)52-37-33-50(34-38-52)49-31-35-51(36-32-49)54(56-41-44-15-9-6-10-16-44)39-25-42-23-29-48(30-24-42)46-17-11-7-12-18-46/h4-24,27,29,31-40,47-48,56-57H,1,25-26,28,30,41H2,2-3H3/b45-5+,54-39-,55-40-. The Labute approximate surface area is 346 Å². The van der Waals surface area contributed by atoms with Crippen molar-refractivity contribution in [2.75, 3.05) is 12.1 Å². The van der Waals surface area contributed by atoms with E-state index in [0.717, 1.165) is 54.9 Å². The van der Waals surface area contributed by atoms with Gasteiger partial charge in [0.2, 0.25) is 0 Å². The second-order valence-corrected chi connectivity index (χ2v) is 15.0. The Morgan fingerprint density at radius 2 is 1.21 bits per heavy atom. The third kappa shape index (κ3) is 10.6. The Kier molecular flexibility index (Phi) is 13.7. The van der Waals surface area contributed by atoms with Crippen LogP contribution in [0.15, 0.2) is 224 Å². The number of nitrogens with zero attached hydrogens (tertiary/aromatic N) is 1. The average Bonchev–Trinajstić information content (AvgIpc) is 3.30. The molecule has 2 unspecified atom stereocenters. The van der Waals surface area contributed by atoms with Crippen LogP contribution in [0.3, 0.4) is 0 Å². The van der Waals surface area contributed by atoms with Gasteiger partial charge in [-0.2, -0.15) is 0 Å². The van der Waals surface area contributed by atoms with Gasteiger partial charge in [0.1, 0.15) is 0 Å². The molecule has 0 fully saturated rings. The van der Waals surface area contributed by atoms with Crippen LogP contribution < -0.4 is 15.8 Å². The lowest BCUT2D eigenvalue weighted by atomic mass is 9.89. The van der Waals surface area contributed by atoms with E-state index in [9.17, 15) is 0 Å². The molecule has 58 heavy (non-hydrogen) atoms. The molecule has 2 N–H and O–H groups in total. The monoisotopic (exact) mass is 757 g/mol. The molecule has 5 aromatic carbocycles. The summed E-state index contributed by atoms with van der Waals surface area (Å²) in [5.74, 6) is 0.845. The van der Waals surface area contributed by atoms with Gasteiger partial charge in [-0.25, -0.2) is 0 Å². The number of benzene rings is 5. The summed E-state index contributed by atoms with van der Waals surface area (Å²) >= 11 is 0. The van der Waals surface area contributed by atoms with Gasteiger partial charge in [0, 0.05) is 31.1 Å². The van der Waals surface area contributed by atoms with E-state index in [4.69, 9.17) is 0 Å². The number of anilines is 1. The highest BCUT2D eigenvalue weighted by Crippen LogP contribution is 2.30. The molecule has 2 aliphatic carbocycles. The third-order valence-electron chi connectivity index (χ3n) is 11.1. The molecule has 3 nitrogen and oxygen atoms in total. The molecular weight excluding hydrogens is 703 g/mol. The minimum Gasteiger partial charge on any atom is -0.381 e. The van der Waals surface area contributed by atoms with E-state index in [2.05, 4.69) is 224 Å². The van der Waals surface area contributed by atoms with Crippen LogP contribution in [-0.2, 0) is 6.54 Å². The van der Waals surface area contributed by atoms with Crippen molar-refractivity contribution in [2.24, 2.45) is 5.92 Å². The fraction of sp³-hybridized carbons (Fsp3) is 0.164. The van der Waals surface area contributed by atoms with Crippen LogP contribution in [0.5, 0.6) is 0 Å². The molecular formula is C55H55N3. The summed E-state index contributed by atoms with van der Waals surface area (Å²) < 4.78 is 0. The van der Waals surface area contributed by atoms with Crippen molar-refractivity contribution < 1.29 is 0 Å². The Balaban J connectivity index is 1.07. The molecule has 0 saturated carbocycles. The number of nitrogens with one attached hydrogen (secondary N) is 2. The quantitative estimate of drug-likeness (QED) is 0.0775. The van der Waals surface area contributed by atoms with Crippen LogP contribution in [0.4, 0.5) is 5.69 Å². The van der Waals surface area contributed by atoms with Crippen LogP contribution in [0.25, 0.3) is 22.5 Å². The van der Waals surface area contributed by atoms with Crippen molar-refractivity contribution in [2.45, 2.75) is 45.1 Å². The first-order valence-corrected chi connectivity index (χ1v) is 20.6. The van der Waals surface area contributed by atoms with Gasteiger partial charge in [-0.05, 0) is 94.8 Å². The van der Waals surface area contributed by atoms with Crippen molar-refractivity contribution >= 4 is 17.1 Å². The second-order valence-electron chi connectivity index (χ2n) is 15.0. The fourth-order valence-electron chi connectivity index (χ4n) is 7.64. The smallest absolute Gasteiger partial charge is 0.0577 e. The maximum atomic E-state index is 4.00. The molecule has 2 atom stereocenters. The van der Waals surface area contributed by atoms with Crippen LogP contribution in [0.2, 0.25) is 0 Å². The Morgan fingerprint density at radius 3 is 1.76 bits per heavy atom. The zero-order valence-corrected chi connectivity index (χ0v) is 33.9. The van der Waals surface area contributed by atoms with Gasteiger partial charge in [0.15, 0.2) is 0 Å². The average molecular weight is 758 g/mol. The summed E-state index contributed by atoms with van der Waals surface area (Å²) in [5.41, 5.74) is 18.3. The highest BCUT2D eigenvalue weighted by Gasteiger charge is 2.14. The fourth-order valence-corrected chi connectivity index (χ4v) is 7.64. The van der Waals surface area contributed by atoms with Gasteiger partial charge in [0.25, 0.3) is 0 Å². The molecule has 0 aliphatic heterocycles. The van der Waals surface area contributed by atoms with Crippen LogP contribution >= 0.6 is 0 Å². The zero-order valence-electron chi connectivity index (χ0n) is 33.9. The van der Waals surface area contributed by atoms with Crippen LogP contribution in [0, 0.1) is 5.92 Å². The number of hydrogen-bond acceptors (Lipinski definition) is 3. The highest BCUT2D eigenvalue weighted by atomic mass is 15.5. The van der Waals surface area contributed by atoms with Crippen molar-refractivity contribution in [3.05, 3.63) is 246 Å². The van der Waals surface area contributed by atoms with E-state index < -0.39 is 0 Å². The number of allylic oxidation sites excluding steroid dienone is 13. The Hall–Kier alpha value is -6.58. The lowest BCUT2D eigenvalue weighted by molar-refractivity contribution is 0.775. The van der Waals surface area contributed by atoms with E-state index in [1.54, 1.807) is 0 Å². The number of rotatable bonds is 16. The lowest BCUT2D eigenvalue weighted by Crippen LogP contribution is -2.32. The number of hydrogen-bond donors (Lipinski definition) is 2. The molecule has 290 valence electrons. The van der Waals surface area contributed by atoms with Crippen molar-refractivity contribution in [3.63, 3.8) is 0 Å². The minimum atomic E-state index is 0.400. The molecule has 2 aliphatic rings. The summed E-state index contributed by atoms with van der Waals surface area (Å²) in [6, 6.07) is 49.7. The van der Waals surface area contributed by atoms with Crippen LogP contribution in [0.1, 0.15) is 60.8 Å². The SMILES string of the molecule is C=C/C(=C\C)C1C=CC(C/C=C(\NN(C)c2ccccc2)c2ccc(-c3ccc(/C(=C/CC4=CCC(c5ccccc5)C=C4)NCc4ccccc4)cc3)cc2)=CC1. The first-order valence-electron chi connectivity index (χ1n) is 20.6. The summed E-state index contributed by atoms with van der Waals surface area (Å²) in [5, 5.41) is 5.84. The van der Waals surface area contributed by atoms with E-state index in [1.165, 1.54) is 44.5 Å². The molecule has 0 bridgehead atoms. The van der Waals surface area contributed by atoms with Crippen molar-refractivity contribution in [3.8, 4) is 11.1 Å². The summed E-state index contributed by atoms with van der Waals surface area (Å²) in [6.45, 7) is 6.86. The molecule has 0 saturated heterocycles. The largest absolute Gasteiger partial charge is 0.381 e. The summed E-state index contributed by atoms with van der Waals surface area (Å²) in [6.07, 6.45) is 26.5. The molecule has 3 heteroatoms. The topological polar surface area (TPSA) is 27.3 Å². The number of para-hydroxylation sites is 1. The van der Waals surface area contributed by atoms with Gasteiger partial charge in [0.05, 0.1) is 11.4 Å². The Morgan fingerprint density at radius 1 is 0.655 bits per heavy atom. The van der Waals surface area contributed by atoms with Crippen molar-refractivity contribution in [1.82, 2.24) is 10.7 Å². The van der Waals surface area contributed by atoms with E-state index in [1.807, 2.05) is 12.1 Å². The van der Waals surface area contributed by atoms with E-state index >= 15 is 0 Å². The lowest BCUT2D eigenvalue weighted by Gasteiger charge is -2.24. The minimum absolute atomic E-state index is 0.400. The zero-order chi connectivity index (χ0) is 39.9. The maximum absolute atomic E-state index is 4.00. The van der Waals surface area contributed by atoms with Gasteiger partial charge in [-0.15, -0.1) is 0 Å². The summed E-state index contributed by atoms with van der Waals surface area (Å²) in [4.78, 5) is 0. The molecule has 0 radical (unpaired) electrons. The highest BCUT2D eigenvalue weighted by molar-refractivity contribution is 5.73. The van der Waals surface area contributed by atoms with E-state index in [-0.39, 0.29) is 0 Å². The summed E-state index contributed by atoms with van der Waals surface area (Å²) in [7, 11) is 2.07. The Bertz CT molecular complexity index is 2320. The predicted molar refractivity (Wildman–Crippen MR) is 249 cm³/mol. The van der Waals surface area contributed by atoms with Crippen molar-refractivity contribution in [1.29, 1.82) is 0 Å². The van der Waals surface area contributed by atoms with Gasteiger partial charge < -0.3 is 5.32 Å². The van der Waals surface area contributed by atoms with E-state index in [0.29, 0.717) is 11.8 Å². The third-order valence-corrected chi connectivity index (χ3v) is 11.1. The molecule has 5 aromatic rings. The molecule has 0 amide bonds. The van der Waals surface area contributed by atoms with Crippen LogP contribution in [-0.4, -0.2) is 7.05 Å². The normalized spacial score (nSPS) is 17.0. The molecule has 0 heterocycles. The molecule has 0 aromatic heterocycles. The predicted octanol–water partition coefficient (Wildman–Crippen LogP) is 13.6.